The summed E-state index contributed by atoms with van der Waals surface area (Å²) in [6.45, 7) is 4.11. The number of ketones is 1. The van der Waals surface area contributed by atoms with E-state index >= 15 is 0 Å². The first-order valence-electron chi connectivity index (χ1n) is 10.0. The smallest absolute Gasteiger partial charge is 0.313 e. The molecule has 4 rings (SSSR count). The number of thioether (sulfide) groups is 1. The Kier molecular flexibility index (Phi) is 6.79. The van der Waals surface area contributed by atoms with Crippen LogP contribution in [0, 0.1) is 0 Å². The summed E-state index contributed by atoms with van der Waals surface area (Å²) in [5.41, 5.74) is 2.56. The predicted molar refractivity (Wildman–Crippen MR) is 118 cm³/mol. The highest BCUT2D eigenvalue weighted by Gasteiger charge is 2.23. The highest BCUT2D eigenvalue weighted by Crippen LogP contribution is 2.25. The zero-order valence-electron chi connectivity index (χ0n) is 17.1. The lowest BCUT2D eigenvalue weighted by Gasteiger charge is -2.27. The van der Waals surface area contributed by atoms with Crippen molar-refractivity contribution in [1.29, 1.82) is 0 Å². The van der Waals surface area contributed by atoms with E-state index in [0.717, 1.165) is 18.8 Å². The number of rotatable bonds is 8. The van der Waals surface area contributed by atoms with Gasteiger partial charge >= 0.3 is 5.97 Å². The van der Waals surface area contributed by atoms with Crippen LogP contribution in [0.4, 0.5) is 0 Å². The molecule has 0 spiro atoms. The highest BCUT2D eigenvalue weighted by molar-refractivity contribution is 8.01. The van der Waals surface area contributed by atoms with Gasteiger partial charge in [0, 0.05) is 26.1 Å². The minimum Gasteiger partial charge on any atom is -0.466 e. The zero-order valence-corrected chi connectivity index (χ0v) is 18.7. The summed E-state index contributed by atoms with van der Waals surface area (Å²) in [5.74, 6) is -0.667. The van der Waals surface area contributed by atoms with Gasteiger partial charge in [0.1, 0.15) is 6.42 Å². The molecule has 0 atom stereocenters. The van der Waals surface area contributed by atoms with E-state index in [2.05, 4.69) is 27.1 Å². The fourth-order valence-electron chi connectivity index (χ4n) is 3.44. The molecular formula is C21H22N4O4S2. The van der Waals surface area contributed by atoms with Crippen LogP contribution in [0.15, 0.2) is 39.5 Å². The number of aromatic nitrogens is 3. The summed E-state index contributed by atoms with van der Waals surface area (Å²) in [4.78, 5) is 43.8. The lowest BCUT2D eigenvalue weighted by Crippen LogP contribution is -2.36. The van der Waals surface area contributed by atoms with Crippen molar-refractivity contribution in [2.75, 3.05) is 18.9 Å². The highest BCUT2D eigenvalue weighted by atomic mass is 32.2. The monoisotopic (exact) mass is 458 g/mol. The number of fused-ring (bicyclic) bond motifs is 2. The molecule has 162 valence electrons. The van der Waals surface area contributed by atoms with Gasteiger partial charge in [-0.2, -0.15) is 4.52 Å². The van der Waals surface area contributed by atoms with Gasteiger partial charge in [-0.1, -0.05) is 53.4 Å². The van der Waals surface area contributed by atoms with E-state index in [4.69, 9.17) is 4.74 Å². The minimum atomic E-state index is -0.525. The van der Waals surface area contributed by atoms with Crippen molar-refractivity contribution in [2.45, 2.75) is 37.2 Å². The quantitative estimate of drug-likeness (QED) is 0.288. The van der Waals surface area contributed by atoms with Crippen LogP contribution in [0.2, 0.25) is 0 Å². The van der Waals surface area contributed by atoms with Crippen molar-refractivity contribution in [3.05, 3.63) is 57.5 Å². The Hall–Kier alpha value is -2.56. The molecule has 3 heterocycles. The molecule has 3 aromatic rings. The summed E-state index contributed by atoms with van der Waals surface area (Å²) in [6.07, 6.45) is 0.460. The van der Waals surface area contributed by atoms with E-state index < -0.39 is 5.97 Å². The van der Waals surface area contributed by atoms with Gasteiger partial charge in [-0.15, -0.1) is 5.10 Å². The predicted octanol–water partition coefficient (Wildman–Crippen LogP) is 2.32. The number of hydrogen-bond acceptors (Lipinski definition) is 9. The molecule has 0 fully saturated rings. The van der Waals surface area contributed by atoms with E-state index in [1.807, 2.05) is 18.2 Å². The van der Waals surface area contributed by atoms with Crippen LogP contribution in [0.3, 0.4) is 0 Å². The average molecular weight is 459 g/mol. The molecule has 1 aliphatic rings. The van der Waals surface area contributed by atoms with Crippen molar-refractivity contribution in [2.24, 2.45) is 0 Å². The van der Waals surface area contributed by atoms with Crippen LogP contribution in [0.5, 0.6) is 0 Å². The Morgan fingerprint density at radius 3 is 2.84 bits per heavy atom. The summed E-state index contributed by atoms with van der Waals surface area (Å²) in [6, 6.07) is 10.2. The number of carbonyl (C=O) groups is 2. The Morgan fingerprint density at radius 2 is 2.06 bits per heavy atom. The third-order valence-electron chi connectivity index (χ3n) is 4.87. The number of hydrogen-bond donors (Lipinski definition) is 0. The zero-order chi connectivity index (χ0) is 21.8. The van der Waals surface area contributed by atoms with Gasteiger partial charge in [0.25, 0.3) is 5.56 Å². The molecule has 8 nitrogen and oxygen atoms in total. The van der Waals surface area contributed by atoms with Crippen LogP contribution < -0.4 is 5.56 Å². The third kappa shape index (κ3) is 5.20. The van der Waals surface area contributed by atoms with E-state index in [1.165, 1.54) is 33.2 Å². The normalized spacial score (nSPS) is 13.8. The number of benzene rings is 1. The third-order valence-corrected chi connectivity index (χ3v) is 6.97. The molecule has 2 aromatic heterocycles. The van der Waals surface area contributed by atoms with Crippen molar-refractivity contribution in [1.82, 2.24) is 19.5 Å². The van der Waals surface area contributed by atoms with E-state index in [-0.39, 0.29) is 30.1 Å². The maximum Gasteiger partial charge on any atom is 0.313 e. The minimum absolute atomic E-state index is 0.0952. The molecule has 0 N–H and O–H groups in total. The number of ether oxygens (including phenoxy) is 1. The molecule has 1 aromatic carbocycles. The summed E-state index contributed by atoms with van der Waals surface area (Å²) < 4.78 is 6.69. The second-order valence-corrected chi connectivity index (χ2v) is 9.34. The van der Waals surface area contributed by atoms with Gasteiger partial charge in [-0.05, 0) is 12.5 Å². The molecule has 10 heteroatoms. The van der Waals surface area contributed by atoms with Gasteiger partial charge in [0.05, 0.1) is 23.6 Å². The Morgan fingerprint density at radius 1 is 1.26 bits per heavy atom. The molecule has 0 saturated carbocycles. The molecular weight excluding hydrogens is 436 g/mol. The van der Waals surface area contributed by atoms with Gasteiger partial charge in [-0.3, -0.25) is 19.3 Å². The van der Waals surface area contributed by atoms with Crippen LogP contribution in [-0.2, 0) is 33.8 Å². The number of nitrogens with zero attached hydrogens (tertiary/aromatic N) is 4. The molecule has 0 aliphatic carbocycles. The van der Waals surface area contributed by atoms with Crippen LogP contribution in [0.1, 0.15) is 30.2 Å². The topological polar surface area (TPSA) is 93.9 Å². The van der Waals surface area contributed by atoms with Crippen LogP contribution in [-0.4, -0.2) is 50.2 Å². The molecule has 0 radical (unpaired) electrons. The molecule has 0 saturated heterocycles. The Balaban J connectivity index is 1.46. The fraction of sp³-hybridized carbons (Fsp3) is 0.381. The van der Waals surface area contributed by atoms with Crippen LogP contribution in [0.25, 0.3) is 4.96 Å². The summed E-state index contributed by atoms with van der Waals surface area (Å²) in [7, 11) is 0. The van der Waals surface area contributed by atoms with Gasteiger partial charge in [-0.25, -0.2) is 4.98 Å². The first kappa shape index (κ1) is 21.7. The maximum atomic E-state index is 13.0. The number of Topliss-reactive ketones (excluding diaryl/α,β-unsaturated/α-hetero) is 1. The van der Waals surface area contributed by atoms with Gasteiger partial charge in [0.15, 0.2) is 10.1 Å². The number of carbonyl (C=O) groups excluding carboxylic acids is 2. The lowest BCUT2D eigenvalue weighted by molar-refractivity contribution is -0.145. The van der Waals surface area contributed by atoms with E-state index in [0.29, 0.717) is 27.8 Å². The molecule has 0 bridgehead atoms. The Labute approximate surface area is 187 Å². The average Bonchev–Trinajstić information content (AvgIpc) is 3.17. The second-order valence-electron chi connectivity index (χ2n) is 7.16. The van der Waals surface area contributed by atoms with Crippen molar-refractivity contribution < 1.29 is 14.3 Å². The van der Waals surface area contributed by atoms with Crippen molar-refractivity contribution >= 4 is 39.8 Å². The SMILES string of the molecule is CCOC(=O)CC(=O)CSc1nn2c(=O)c3c(nc2s1)CCN(Cc1ccccc1)C3. The lowest BCUT2D eigenvalue weighted by atomic mass is 10.1. The standard InChI is InChI=1S/C21H22N4O4S2/c1-2-29-18(27)10-15(26)13-30-21-23-25-19(28)16-12-24(11-14-6-4-3-5-7-14)9-8-17(16)22-20(25)31-21/h3-7H,2,8-13H2,1H3. The largest absolute Gasteiger partial charge is 0.466 e. The maximum absolute atomic E-state index is 13.0. The van der Waals surface area contributed by atoms with Crippen molar-refractivity contribution in [3.63, 3.8) is 0 Å². The van der Waals surface area contributed by atoms with E-state index in [9.17, 15) is 14.4 Å². The number of esters is 1. The summed E-state index contributed by atoms with van der Waals surface area (Å²) in [5, 5.41) is 4.35. The molecule has 0 unspecified atom stereocenters. The van der Waals surface area contributed by atoms with Gasteiger partial charge in [0.2, 0.25) is 4.96 Å². The molecule has 1 aliphatic heterocycles. The first-order chi connectivity index (χ1) is 15.0. The van der Waals surface area contributed by atoms with Gasteiger partial charge < -0.3 is 4.74 Å². The first-order valence-corrected chi connectivity index (χ1v) is 11.8. The van der Waals surface area contributed by atoms with Crippen LogP contribution >= 0.6 is 23.1 Å². The molecule has 31 heavy (non-hydrogen) atoms. The summed E-state index contributed by atoms with van der Waals surface area (Å²) >= 11 is 2.49. The van der Waals surface area contributed by atoms with E-state index in [1.54, 1.807) is 6.92 Å². The molecule has 0 amide bonds. The fourth-order valence-corrected chi connectivity index (χ4v) is 5.24. The Bertz CT molecular complexity index is 1160. The second kappa shape index (κ2) is 9.71. The van der Waals surface area contributed by atoms with Crippen molar-refractivity contribution in [3.8, 4) is 0 Å².